The maximum Gasteiger partial charge on any atom is 0.125 e. The average Bonchev–Trinajstić information content (AvgIpc) is 2.93. The molecule has 4 rings (SSSR count). The van der Waals surface area contributed by atoms with Gasteiger partial charge in [-0.3, -0.25) is 9.88 Å². The minimum absolute atomic E-state index is 0.924. The summed E-state index contributed by atoms with van der Waals surface area (Å²) in [4.78, 5) is 7.47. The molecule has 0 amide bonds. The number of rotatable bonds is 4. The fraction of sp³-hybridized carbons (Fsp3) is 0.370. The molecule has 0 radical (unpaired) electrons. The lowest BCUT2D eigenvalue weighted by molar-refractivity contribution is -0.838. The molecule has 0 unspecified atom stereocenters. The largest absolute Gasteiger partial charge is 0.298 e. The van der Waals surface area contributed by atoms with Gasteiger partial charge in [-0.2, -0.15) is 5.48 Å². The summed E-state index contributed by atoms with van der Waals surface area (Å²) in [5.41, 5.74) is 13.3. The van der Waals surface area contributed by atoms with E-state index in [0.717, 1.165) is 50.8 Å². The molecule has 31 heavy (non-hydrogen) atoms. The van der Waals surface area contributed by atoms with Crippen LogP contribution in [0.4, 0.5) is 0 Å². The standard InChI is InChI=1S/C27H33N3O/c1-4-21(9-12-29-31)18-30-13-10-22(11-14-30)26-25-8-5-19(2)15-23(25)6-7-24-16-20(3)17-28-27(24)26/h4-5,8-9,12,15-17,29,31H,6-7,10-11,13-14,18H2,1-3H3/p+1/b12-9-,21-4+. The van der Waals surface area contributed by atoms with Crippen molar-refractivity contribution in [2.75, 3.05) is 19.6 Å². The van der Waals surface area contributed by atoms with E-state index in [4.69, 9.17) is 10.2 Å². The third-order valence-electron chi connectivity index (χ3n) is 6.52. The van der Waals surface area contributed by atoms with Crippen LogP contribution in [-0.2, 0) is 12.8 Å². The lowest BCUT2D eigenvalue weighted by atomic mass is 9.88. The number of hydrogen-bond acceptors (Lipinski definition) is 3. The number of allylic oxidation sites excluding steroid dienone is 1. The van der Waals surface area contributed by atoms with Gasteiger partial charge in [0.25, 0.3) is 0 Å². The summed E-state index contributed by atoms with van der Waals surface area (Å²) in [5.74, 6) is 0. The van der Waals surface area contributed by atoms with Crippen LogP contribution in [-0.4, -0.2) is 34.7 Å². The van der Waals surface area contributed by atoms with Crippen molar-refractivity contribution in [2.24, 2.45) is 0 Å². The molecular formula is C27H34N3O+. The van der Waals surface area contributed by atoms with Crippen molar-refractivity contribution in [1.82, 2.24) is 9.88 Å². The Bertz CT molecular complexity index is 983. The highest BCUT2D eigenvalue weighted by molar-refractivity contribution is 5.84. The Hall–Kier alpha value is -2.53. The molecule has 2 aromatic rings. The number of nitrogens with zero attached hydrogens (tertiary/aromatic N) is 2. The zero-order valence-electron chi connectivity index (χ0n) is 19.0. The van der Waals surface area contributed by atoms with Crippen LogP contribution in [0.3, 0.4) is 0 Å². The van der Waals surface area contributed by atoms with Crippen LogP contribution in [0.25, 0.3) is 5.57 Å². The Labute approximate surface area is 186 Å². The second kappa shape index (κ2) is 9.73. The van der Waals surface area contributed by atoms with Gasteiger partial charge in [0.1, 0.15) is 6.20 Å². The van der Waals surface area contributed by atoms with Gasteiger partial charge in [-0.1, -0.05) is 41.5 Å². The first-order valence-corrected chi connectivity index (χ1v) is 11.4. The zero-order valence-corrected chi connectivity index (χ0v) is 19.0. The summed E-state index contributed by atoms with van der Waals surface area (Å²) in [7, 11) is 0. The minimum atomic E-state index is 0.924. The Morgan fingerprint density at radius 2 is 1.81 bits per heavy atom. The Morgan fingerprint density at radius 3 is 2.55 bits per heavy atom. The van der Waals surface area contributed by atoms with Gasteiger partial charge >= 0.3 is 0 Å². The molecule has 0 saturated carbocycles. The number of nitrogens with two attached hydrogens (primary N) is 1. The number of pyridine rings is 1. The zero-order chi connectivity index (χ0) is 21.8. The summed E-state index contributed by atoms with van der Waals surface area (Å²) >= 11 is 0. The van der Waals surface area contributed by atoms with E-state index >= 15 is 0 Å². The highest BCUT2D eigenvalue weighted by atomic mass is 16.5. The summed E-state index contributed by atoms with van der Waals surface area (Å²) in [5, 5.41) is 8.95. The van der Waals surface area contributed by atoms with E-state index in [1.807, 2.05) is 12.3 Å². The second-order valence-corrected chi connectivity index (χ2v) is 8.81. The van der Waals surface area contributed by atoms with Crippen molar-refractivity contribution in [3.63, 3.8) is 0 Å². The van der Waals surface area contributed by atoms with E-state index < -0.39 is 0 Å². The number of likely N-dealkylation sites (tertiary alicyclic amines) is 1. The van der Waals surface area contributed by atoms with Crippen LogP contribution in [0.15, 0.2) is 60.0 Å². The van der Waals surface area contributed by atoms with Gasteiger partial charge in [-0.05, 0) is 80.4 Å². The lowest BCUT2D eigenvalue weighted by Gasteiger charge is -2.30. The molecule has 1 aliphatic heterocycles. The molecule has 162 valence electrons. The van der Waals surface area contributed by atoms with Gasteiger partial charge in [0, 0.05) is 31.4 Å². The molecule has 3 N–H and O–H groups in total. The number of benzene rings is 1. The number of quaternary nitrogens is 1. The van der Waals surface area contributed by atoms with Gasteiger partial charge in [-0.25, -0.2) is 5.21 Å². The predicted octanol–water partition coefficient (Wildman–Crippen LogP) is 4.11. The monoisotopic (exact) mass is 416 g/mol. The molecule has 4 nitrogen and oxygen atoms in total. The quantitative estimate of drug-likeness (QED) is 0.583. The fourth-order valence-electron chi connectivity index (χ4n) is 4.87. The maximum absolute atomic E-state index is 8.95. The van der Waals surface area contributed by atoms with E-state index in [0.29, 0.717) is 0 Å². The van der Waals surface area contributed by atoms with Gasteiger partial charge in [0.15, 0.2) is 0 Å². The Kier molecular flexibility index (Phi) is 6.81. The van der Waals surface area contributed by atoms with Crippen LogP contribution in [0.1, 0.15) is 53.3 Å². The molecule has 0 spiro atoms. The topological polar surface area (TPSA) is 53.0 Å². The van der Waals surface area contributed by atoms with Crippen molar-refractivity contribution in [3.05, 3.63) is 93.5 Å². The van der Waals surface area contributed by atoms with E-state index in [-0.39, 0.29) is 0 Å². The van der Waals surface area contributed by atoms with Crippen molar-refractivity contribution in [3.8, 4) is 0 Å². The summed E-state index contributed by atoms with van der Waals surface area (Å²) in [6.45, 7) is 9.41. The van der Waals surface area contributed by atoms with E-state index in [2.05, 4.69) is 56.0 Å². The molecule has 0 atom stereocenters. The lowest BCUT2D eigenvalue weighted by Crippen LogP contribution is -2.73. The van der Waals surface area contributed by atoms with Gasteiger partial charge in [-0.15, -0.1) is 0 Å². The van der Waals surface area contributed by atoms with Crippen LogP contribution >= 0.6 is 0 Å². The molecule has 2 aliphatic rings. The normalized spacial score (nSPS) is 17.6. The van der Waals surface area contributed by atoms with Crippen LogP contribution < -0.4 is 5.48 Å². The van der Waals surface area contributed by atoms with Crippen molar-refractivity contribution in [2.45, 2.75) is 46.5 Å². The summed E-state index contributed by atoms with van der Waals surface area (Å²) < 4.78 is 0. The summed E-state index contributed by atoms with van der Waals surface area (Å²) in [6, 6.07) is 9.27. The SMILES string of the molecule is C/C=C(\C=C/[NH2+]O)CN1CCC(=C2c3ccc(C)cc3CCc3cc(C)cnc32)CC1. The van der Waals surface area contributed by atoms with E-state index in [1.54, 1.807) is 11.8 Å². The van der Waals surface area contributed by atoms with Crippen molar-refractivity contribution >= 4 is 5.57 Å². The third-order valence-corrected chi connectivity index (χ3v) is 6.52. The molecule has 0 bridgehead atoms. The van der Waals surface area contributed by atoms with Crippen LogP contribution in [0, 0.1) is 13.8 Å². The number of hydroxylamine groups is 1. The average molecular weight is 417 g/mol. The fourth-order valence-corrected chi connectivity index (χ4v) is 4.87. The maximum atomic E-state index is 8.95. The number of aromatic nitrogens is 1. The van der Waals surface area contributed by atoms with Gasteiger partial charge in [0.2, 0.25) is 0 Å². The van der Waals surface area contributed by atoms with Gasteiger partial charge in [0.05, 0.1) is 5.69 Å². The smallest absolute Gasteiger partial charge is 0.125 e. The first kappa shape index (κ1) is 21.7. The first-order valence-electron chi connectivity index (χ1n) is 11.4. The first-order chi connectivity index (χ1) is 15.1. The molecule has 1 aromatic heterocycles. The molecule has 1 aromatic carbocycles. The highest BCUT2D eigenvalue weighted by Crippen LogP contribution is 2.38. The highest BCUT2D eigenvalue weighted by Gasteiger charge is 2.25. The minimum Gasteiger partial charge on any atom is -0.298 e. The van der Waals surface area contributed by atoms with Crippen molar-refractivity contribution < 1.29 is 10.7 Å². The Balaban J connectivity index is 1.66. The third kappa shape index (κ3) is 4.87. The van der Waals surface area contributed by atoms with Gasteiger partial charge < -0.3 is 0 Å². The second-order valence-electron chi connectivity index (χ2n) is 8.81. The molecule has 1 fully saturated rings. The number of aryl methyl sites for hydroxylation is 4. The van der Waals surface area contributed by atoms with Crippen molar-refractivity contribution in [1.29, 1.82) is 0 Å². The number of fused-ring (bicyclic) bond motifs is 2. The number of piperidine rings is 1. The molecule has 1 aliphatic carbocycles. The Morgan fingerprint density at radius 1 is 1.06 bits per heavy atom. The van der Waals surface area contributed by atoms with Crippen LogP contribution in [0.5, 0.6) is 0 Å². The predicted molar refractivity (Wildman–Crippen MR) is 126 cm³/mol. The number of hydrogen-bond donors (Lipinski definition) is 2. The molecule has 2 heterocycles. The molecule has 4 heteroatoms. The molecule has 1 saturated heterocycles. The van der Waals surface area contributed by atoms with E-state index in [1.165, 1.54) is 44.7 Å². The molecular weight excluding hydrogens is 382 g/mol. The van der Waals surface area contributed by atoms with E-state index in [9.17, 15) is 0 Å². The summed E-state index contributed by atoms with van der Waals surface area (Å²) in [6.07, 6.45) is 12.1. The van der Waals surface area contributed by atoms with Crippen LogP contribution in [0.2, 0.25) is 0 Å².